The van der Waals surface area contributed by atoms with E-state index in [1.165, 1.54) is 6.07 Å². The Morgan fingerprint density at radius 2 is 2.45 bits per heavy atom. The maximum atomic E-state index is 12.9. The monoisotopic (exact) mass is 215 g/mol. The van der Waals surface area contributed by atoms with E-state index in [1.807, 2.05) is 0 Å². The zero-order valence-corrected chi connectivity index (χ0v) is 6.94. The van der Waals surface area contributed by atoms with Gasteiger partial charge in [-0.2, -0.15) is 5.26 Å². The maximum absolute atomic E-state index is 12.9. The van der Waals surface area contributed by atoms with E-state index >= 15 is 0 Å². The average Bonchev–Trinajstić information content (AvgIpc) is 2.08. The third-order valence-electron chi connectivity index (χ3n) is 1.15. The van der Waals surface area contributed by atoms with E-state index in [-0.39, 0.29) is 21.8 Å². The van der Waals surface area contributed by atoms with Crippen LogP contribution in [0, 0.1) is 17.1 Å². The van der Waals surface area contributed by atoms with Crippen LogP contribution in [0.15, 0.2) is 16.6 Å². The Labute approximate surface area is 73.0 Å². The van der Waals surface area contributed by atoms with Crippen molar-refractivity contribution in [1.29, 1.82) is 5.26 Å². The van der Waals surface area contributed by atoms with Gasteiger partial charge in [0.2, 0.25) is 0 Å². The number of nitrogens with two attached hydrogens (primary N) is 1. The van der Waals surface area contributed by atoms with Gasteiger partial charge in [0.1, 0.15) is 11.9 Å². The lowest BCUT2D eigenvalue weighted by atomic mass is 10.2. The molecular formula is C7H4BrFN2. The van der Waals surface area contributed by atoms with E-state index in [1.54, 1.807) is 6.07 Å². The Balaban J connectivity index is 3.52. The summed E-state index contributed by atoms with van der Waals surface area (Å²) in [5.74, 6) is -0.860. The lowest BCUT2D eigenvalue weighted by Gasteiger charge is -1.98. The van der Waals surface area contributed by atoms with Crippen LogP contribution in [-0.4, -0.2) is 0 Å². The molecule has 0 bridgehead atoms. The molecule has 2 nitrogen and oxygen atoms in total. The van der Waals surface area contributed by atoms with E-state index in [9.17, 15) is 4.39 Å². The summed E-state index contributed by atoms with van der Waals surface area (Å²) in [6.07, 6.45) is 0. The number of benzene rings is 1. The minimum Gasteiger partial charge on any atom is -0.395 e. The Hall–Kier alpha value is -1.08. The van der Waals surface area contributed by atoms with Gasteiger partial charge in [-0.25, -0.2) is 4.39 Å². The number of hydrogen-bond donors (Lipinski definition) is 1. The molecular weight excluding hydrogens is 211 g/mol. The first-order valence-electron chi connectivity index (χ1n) is 3.22. The van der Waals surface area contributed by atoms with Crippen molar-refractivity contribution in [2.75, 3.05) is 5.73 Å². The minimum atomic E-state index is -0.860. The van der Waals surface area contributed by atoms with Crippen molar-refractivity contribution in [3.8, 4) is 6.07 Å². The lowest BCUT2D eigenvalue weighted by Crippen LogP contribution is -1.94. The molecule has 0 unspecified atom stereocenters. The van der Waals surface area contributed by atoms with Crippen molar-refractivity contribution >= 4 is 21.6 Å². The minimum absolute atomic E-state index is 0.0374. The van der Waals surface area contributed by atoms with Crippen molar-refractivity contribution in [3.05, 3.63) is 28.0 Å². The number of halogens is 2. The van der Waals surface area contributed by atoms with Gasteiger partial charge in [0.05, 0.1) is 12.6 Å². The third kappa shape index (κ3) is 1.49. The molecule has 0 saturated heterocycles. The van der Waals surface area contributed by atoms with Crippen LogP contribution < -0.4 is 5.73 Å². The lowest BCUT2D eigenvalue weighted by molar-refractivity contribution is 0.631. The quantitative estimate of drug-likeness (QED) is 0.674. The van der Waals surface area contributed by atoms with E-state index < -0.39 is 5.82 Å². The topological polar surface area (TPSA) is 49.8 Å². The van der Waals surface area contributed by atoms with Gasteiger partial charge >= 0.3 is 0 Å². The van der Waals surface area contributed by atoms with Crippen LogP contribution in [0.25, 0.3) is 0 Å². The van der Waals surface area contributed by atoms with Gasteiger partial charge in [0, 0.05) is 4.47 Å². The molecule has 2 N–H and O–H groups in total. The van der Waals surface area contributed by atoms with Crippen LogP contribution in [0.4, 0.5) is 10.1 Å². The van der Waals surface area contributed by atoms with Crippen molar-refractivity contribution in [2.24, 2.45) is 0 Å². The molecule has 0 radical (unpaired) electrons. The van der Waals surface area contributed by atoms with E-state index in [2.05, 4.69) is 15.9 Å². The number of nitriles is 1. The summed E-state index contributed by atoms with van der Waals surface area (Å²) >= 11 is 2.94. The first-order valence-corrected chi connectivity index (χ1v) is 3.51. The van der Waals surface area contributed by atoms with Gasteiger partial charge in [-0.3, -0.25) is 0 Å². The zero-order valence-electron chi connectivity index (χ0n) is 6.36. The fourth-order valence-electron chi connectivity index (χ4n) is 0.623. The Morgan fingerprint density at radius 3 is 3.00 bits per heavy atom. The van der Waals surface area contributed by atoms with Crippen molar-refractivity contribution in [3.63, 3.8) is 0 Å². The molecule has 0 saturated carbocycles. The van der Waals surface area contributed by atoms with Gasteiger partial charge < -0.3 is 5.73 Å². The van der Waals surface area contributed by atoms with Crippen LogP contribution in [0.5, 0.6) is 0 Å². The average molecular weight is 216 g/mol. The van der Waals surface area contributed by atoms with E-state index in [4.69, 9.17) is 12.4 Å². The molecule has 0 aromatic heterocycles. The molecule has 1 rings (SSSR count). The second-order valence-electron chi connectivity index (χ2n) is 1.87. The molecule has 0 heterocycles. The van der Waals surface area contributed by atoms with Crippen molar-refractivity contribution < 1.29 is 5.76 Å². The first-order chi connectivity index (χ1) is 5.57. The fraction of sp³-hybridized carbons (Fsp3) is 0. The first kappa shape index (κ1) is 6.62. The maximum Gasteiger partial charge on any atom is 0.148 e. The normalized spacial score (nSPS) is 10.5. The summed E-state index contributed by atoms with van der Waals surface area (Å²) in [5.41, 5.74) is 4.99. The molecule has 11 heavy (non-hydrogen) atoms. The fourth-order valence-corrected chi connectivity index (χ4v) is 1.03. The molecule has 0 spiro atoms. The Bertz CT molecular complexity index is 373. The summed E-state index contributed by atoms with van der Waals surface area (Å²) in [6.45, 7) is 0. The summed E-state index contributed by atoms with van der Waals surface area (Å²) in [6, 6.07) is 2.72. The van der Waals surface area contributed by atoms with E-state index in [0.717, 1.165) is 0 Å². The Morgan fingerprint density at radius 1 is 1.82 bits per heavy atom. The molecule has 0 aliphatic carbocycles. The zero-order chi connectivity index (χ0) is 9.30. The second kappa shape index (κ2) is 2.89. The van der Waals surface area contributed by atoms with Gasteiger partial charge in [0.15, 0.2) is 0 Å². The molecule has 0 amide bonds. The number of nitrogens with zero attached hydrogens (tertiary/aromatic N) is 1. The smallest absolute Gasteiger partial charge is 0.148 e. The van der Waals surface area contributed by atoms with Crippen LogP contribution in [0.2, 0.25) is 0 Å². The summed E-state index contributed by atoms with van der Waals surface area (Å²) in [4.78, 5) is 0. The number of hydrogen-bond acceptors (Lipinski definition) is 2. The predicted octanol–water partition coefficient (Wildman–Crippen LogP) is 2.04. The van der Waals surface area contributed by atoms with Crippen LogP contribution >= 0.6 is 15.9 Å². The van der Waals surface area contributed by atoms with Crippen LogP contribution in [0.1, 0.15) is 6.93 Å². The molecule has 56 valence electrons. The van der Waals surface area contributed by atoms with Gasteiger partial charge in [-0.1, -0.05) is 15.9 Å². The summed E-state index contributed by atoms with van der Waals surface area (Å²) < 4.78 is 20.3. The highest BCUT2D eigenvalue weighted by Crippen LogP contribution is 2.21. The van der Waals surface area contributed by atoms with Gasteiger partial charge in [-0.05, 0) is 12.1 Å². The largest absolute Gasteiger partial charge is 0.395 e. The molecule has 0 aliphatic rings. The molecule has 0 aliphatic heterocycles. The Kier molecular flexibility index (Phi) is 1.74. The SMILES string of the molecule is [2H]c1c(Br)cc(C#N)c(N)c1F. The van der Waals surface area contributed by atoms with Crippen molar-refractivity contribution in [1.82, 2.24) is 0 Å². The number of anilines is 1. The molecule has 1 aromatic rings. The number of rotatable bonds is 0. The van der Waals surface area contributed by atoms with E-state index in [0.29, 0.717) is 0 Å². The highest BCUT2D eigenvalue weighted by molar-refractivity contribution is 9.10. The molecule has 1 aromatic carbocycles. The van der Waals surface area contributed by atoms with Crippen LogP contribution in [0.3, 0.4) is 0 Å². The highest BCUT2D eigenvalue weighted by Gasteiger charge is 2.05. The second-order valence-corrected chi connectivity index (χ2v) is 2.72. The molecule has 0 atom stereocenters. The molecule has 0 fully saturated rings. The third-order valence-corrected chi connectivity index (χ3v) is 1.57. The summed E-state index contributed by atoms with van der Waals surface area (Å²) in [5, 5.41) is 8.48. The summed E-state index contributed by atoms with van der Waals surface area (Å²) in [7, 11) is 0. The van der Waals surface area contributed by atoms with Crippen LogP contribution in [-0.2, 0) is 0 Å². The highest BCUT2D eigenvalue weighted by atomic mass is 79.9. The standard InChI is InChI=1S/C7H4BrFN2/c8-5-1-4(3-10)7(11)6(9)2-5/h1-2H,11H2/i2D. The number of nitrogen functional groups attached to an aromatic ring is 1. The molecule has 4 heteroatoms. The van der Waals surface area contributed by atoms with Crippen molar-refractivity contribution in [2.45, 2.75) is 0 Å². The van der Waals surface area contributed by atoms with Gasteiger partial charge in [-0.15, -0.1) is 0 Å². The predicted molar refractivity (Wildman–Crippen MR) is 43.2 cm³/mol. The van der Waals surface area contributed by atoms with Gasteiger partial charge in [0.25, 0.3) is 0 Å².